The van der Waals surface area contributed by atoms with Gasteiger partial charge in [0.1, 0.15) is 0 Å². The van der Waals surface area contributed by atoms with Crippen molar-refractivity contribution in [1.82, 2.24) is 0 Å². The Hall–Kier alpha value is 0.120. The van der Waals surface area contributed by atoms with Crippen LogP contribution in [0.5, 0.6) is 0 Å². The molecule has 4 heteroatoms. The van der Waals surface area contributed by atoms with Crippen LogP contribution < -0.4 is 0 Å². The second kappa shape index (κ2) is 4.89. The molecular formula is C7H16FO2P. The lowest BCUT2D eigenvalue weighted by atomic mass is 10.3. The Balaban J connectivity index is 3.71. The lowest BCUT2D eigenvalue weighted by molar-refractivity contribution is 0.448. The van der Waals surface area contributed by atoms with Gasteiger partial charge in [0, 0.05) is 12.3 Å². The molecule has 0 aliphatic heterocycles. The molecule has 0 bridgehead atoms. The van der Waals surface area contributed by atoms with Crippen molar-refractivity contribution in [1.29, 1.82) is 0 Å². The molecule has 0 heterocycles. The van der Waals surface area contributed by atoms with Gasteiger partial charge in [-0.3, -0.25) is 8.96 Å². The molecule has 68 valence electrons. The first kappa shape index (κ1) is 11.1. The third-order valence-electron chi connectivity index (χ3n) is 1.29. The molecule has 0 amide bonds. The van der Waals surface area contributed by atoms with E-state index in [9.17, 15) is 13.8 Å². The van der Waals surface area contributed by atoms with E-state index < -0.39 is 14.0 Å². The fraction of sp³-hybridized carbons (Fsp3) is 1.00. The van der Waals surface area contributed by atoms with E-state index in [1.54, 1.807) is 0 Å². The second-order valence-electron chi connectivity index (χ2n) is 3.19. The third kappa shape index (κ3) is 6.52. The quantitative estimate of drug-likeness (QED) is 0.662. The normalized spacial score (nSPS) is 16.8. The Kier molecular flexibility index (Phi) is 4.94. The first-order valence-electron chi connectivity index (χ1n) is 3.85. The molecule has 11 heavy (non-hydrogen) atoms. The SMILES string of the molecule is CC(C)CP(=O)(O)CCCF. The summed E-state index contributed by atoms with van der Waals surface area (Å²) in [6, 6.07) is 0. The number of hydrogen-bond acceptors (Lipinski definition) is 1. The Morgan fingerprint density at radius 2 is 2.09 bits per heavy atom. The first-order valence-corrected chi connectivity index (χ1v) is 5.88. The Labute approximate surface area is 67.3 Å². The van der Waals surface area contributed by atoms with Crippen LogP contribution in [0.1, 0.15) is 20.3 Å². The summed E-state index contributed by atoms with van der Waals surface area (Å²) in [7, 11) is -3.01. The van der Waals surface area contributed by atoms with Gasteiger partial charge in [-0.1, -0.05) is 13.8 Å². The van der Waals surface area contributed by atoms with E-state index in [1.165, 1.54) is 0 Å². The van der Waals surface area contributed by atoms with Gasteiger partial charge < -0.3 is 4.89 Å². The van der Waals surface area contributed by atoms with Crippen LogP contribution >= 0.6 is 7.37 Å². The van der Waals surface area contributed by atoms with Gasteiger partial charge in [0.2, 0.25) is 7.37 Å². The molecule has 1 unspecified atom stereocenters. The van der Waals surface area contributed by atoms with Crippen molar-refractivity contribution >= 4 is 7.37 Å². The van der Waals surface area contributed by atoms with E-state index in [2.05, 4.69) is 0 Å². The third-order valence-corrected chi connectivity index (χ3v) is 3.61. The molecule has 0 rings (SSSR count). The molecule has 0 aliphatic carbocycles. The van der Waals surface area contributed by atoms with Crippen molar-refractivity contribution < 1.29 is 13.8 Å². The molecule has 2 nitrogen and oxygen atoms in total. The summed E-state index contributed by atoms with van der Waals surface area (Å²) < 4.78 is 22.8. The van der Waals surface area contributed by atoms with E-state index in [0.29, 0.717) is 6.16 Å². The molecule has 0 spiro atoms. The van der Waals surface area contributed by atoms with Crippen molar-refractivity contribution in [3.63, 3.8) is 0 Å². The lowest BCUT2D eigenvalue weighted by Gasteiger charge is -2.12. The Bertz CT molecular complexity index is 147. The van der Waals surface area contributed by atoms with Crippen LogP contribution in [0.4, 0.5) is 4.39 Å². The topological polar surface area (TPSA) is 37.3 Å². The highest BCUT2D eigenvalue weighted by atomic mass is 31.2. The maximum Gasteiger partial charge on any atom is 0.200 e. The van der Waals surface area contributed by atoms with E-state index >= 15 is 0 Å². The fourth-order valence-electron chi connectivity index (χ4n) is 0.969. The standard InChI is InChI=1S/C7H16FO2P/c1-7(2)6-11(9,10)5-3-4-8/h7H,3-6H2,1-2H3,(H,9,10). The Morgan fingerprint density at radius 3 is 2.45 bits per heavy atom. The number of halogens is 1. The monoisotopic (exact) mass is 182 g/mol. The molecule has 0 aromatic heterocycles. The van der Waals surface area contributed by atoms with E-state index in [1.807, 2.05) is 13.8 Å². The summed E-state index contributed by atoms with van der Waals surface area (Å²) in [6.07, 6.45) is 0.648. The highest BCUT2D eigenvalue weighted by Gasteiger charge is 2.18. The van der Waals surface area contributed by atoms with Crippen LogP contribution in [0.25, 0.3) is 0 Å². The molecule has 0 aromatic rings. The van der Waals surface area contributed by atoms with Crippen molar-refractivity contribution in [2.24, 2.45) is 5.92 Å². The molecule has 0 saturated carbocycles. The van der Waals surface area contributed by atoms with Crippen molar-refractivity contribution in [3.8, 4) is 0 Å². The van der Waals surface area contributed by atoms with Gasteiger partial charge in [0.05, 0.1) is 6.67 Å². The van der Waals surface area contributed by atoms with Gasteiger partial charge in [-0.25, -0.2) is 0 Å². The number of hydrogen-bond donors (Lipinski definition) is 1. The van der Waals surface area contributed by atoms with Crippen LogP contribution in [0.3, 0.4) is 0 Å². The highest BCUT2D eigenvalue weighted by molar-refractivity contribution is 7.57. The van der Waals surface area contributed by atoms with Crippen LogP contribution in [0.15, 0.2) is 0 Å². The molecule has 0 fully saturated rings. The average molecular weight is 182 g/mol. The minimum atomic E-state index is -3.01. The highest BCUT2D eigenvalue weighted by Crippen LogP contribution is 2.42. The van der Waals surface area contributed by atoms with Gasteiger partial charge in [-0.05, 0) is 12.3 Å². The van der Waals surface area contributed by atoms with Crippen LogP contribution in [-0.2, 0) is 4.57 Å². The van der Waals surface area contributed by atoms with Crippen LogP contribution in [0, 0.1) is 5.92 Å². The number of rotatable bonds is 5. The average Bonchev–Trinajstić information content (AvgIpc) is 1.81. The molecular weight excluding hydrogens is 166 g/mol. The van der Waals surface area contributed by atoms with E-state index in [-0.39, 0.29) is 18.5 Å². The summed E-state index contributed by atoms with van der Waals surface area (Å²) in [6.45, 7) is 3.28. The summed E-state index contributed by atoms with van der Waals surface area (Å²) in [5.74, 6) is 0.213. The first-order chi connectivity index (χ1) is 4.98. The molecule has 0 saturated heterocycles. The van der Waals surface area contributed by atoms with Gasteiger partial charge in [-0.15, -0.1) is 0 Å². The zero-order chi connectivity index (χ0) is 8.91. The summed E-state index contributed by atoms with van der Waals surface area (Å²) in [5, 5.41) is 0. The van der Waals surface area contributed by atoms with E-state index in [0.717, 1.165) is 0 Å². The van der Waals surface area contributed by atoms with Crippen LogP contribution in [0.2, 0.25) is 0 Å². The van der Waals surface area contributed by atoms with E-state index in [4.69, 9.17) is 0 Å². The predicted octanol–water partition coefficient (Wildman–Crippen LogP) is 2.27. The van der Waals surface area contributed by atoms with Gasteiger partial charge in [0.15, 0.2) is 0 Å². The molecule has 0 aliphatic rings. The maximum absolute atomic E-state index is 11.6. The molecule has 0 radical (unpaired) electrons. The summed E-state index contributed by atoms with van der Waals surface area (Å²) >= 11 is 0. The zero-order valence-corrected chi connectivity index (χ0v) is 7.98. The molecule has 0 aromatic carbocycles. The van der Waals surface area contributed by atoms with Crippen LogP contribution in [-0.4, -0.2) is 23.9 Å². The second-order valence-corrected chi connectivity index (χ2v) is 5.69. The minimum absolute atomic E-state index is 0.127. The fourth-order valence-corrected chi connectivity index (χ4v) is 2.91. The van der Waals surface area contributed by atoms with Crippen molar-refractivity contribution in [2.75, 3.05) is 19.0 Å². The summed E-state index contributed by atoms with van der Waals surface area (Å²) in [5.41, 5.74) is 0. The minimum Gasteiger partial charge on any atom is -0.344 e. The van der Waals surface area contributed by atoms with Crippen molar-refractivity contribution in [2.45, 2.75) is 20.3 Å². The van der Waals surface area contributed by atoms with Gasteiger partial charge in [0.25, 0.3) is 0 Å². The Morgan fingerprint density at radius 1 is 1.55 bits per heavy atom. The largest absolute Gasteiger partial charge is 0.344 e. The van der Waals surface area contributed by atoms with Gasteiger partial charge in [-0.2, -0.15) is 0 Å². The predicted molar refractivity (Wildman–Crippen MR) is 45.0 cm³/mol. The summed E-state index contributed by atoms with van der Waals surface area (Å²) in [4.78, 5) is 9.20. The maximum atomic E-state index is 11.6. The lowest BCUT2D eigenvalue weighted by Crippen LogP contribution is -2.01. The molecule has 1 atom stereocenters. The van der Waals surface area contributed by atoms with Gasteiger partial charge >= 0.3 is 0 Å². The smallest absolute Gasteiger partial charge is 0.200 e. The number of alkyl halides is 1. The zero-order valence-electron chi connectivity index (χ0n) is 7.09. The van der Waals surface area contributed by atoms with Crippen molar-refractivity contribution in [3.05, 3.63) is 0 Å². The molecule has 1 N–H and O–H groups in total.